The van der Waals surface area contributed by atoms with Gasteiger partial charge in [0.15, 0.2) is 5.82 Å². The smallest absolute Gasteiger partial charge is 0.305 e. The fourth-order valence-corrected chi connectivity index (χ4v) is 12.6. The van der Waals surface area contributed by atoms with Crippen molar-refractivity contribution in [1.82, 2.24) is 83.8 Å². The third kappa shape index (κ3) is 28.2. The number of ether oxygens (including phenoxy) is 1. The molecule has 117 heavy (non-hydrogen) atoms. The van der Waals surface area contributed by atoms with Crippen molar-refractivity contribution in [1.29, 1.82) is 0 Å². The number of anilines is 1. The van der Waals surface area contributed by atoms with E-state index in [4.69, 9.17) is 10.5 Å². The number of nitrogens with two attached hydrogens (primary N) is 1. The van der Waals surface area contributed by atoms with Crippen LogP contribution >= 0.6 is 0 Å². The highest BCUT2D eigenvalue weighted by Crippen LogP contribution is 2.30. The van der Waals surface area contributed by atoms with Crippen LogP contribution in [-0.4, -0.2) is 215 Å². The molecule has 0 aliphatic rings. The lowest BCUT2D eigenvalue weighted by molar-refractivity contribution is -0.143. The summed E-state index contributed by atoms with van der Waals surface area (Å²) in [4.78, 5) is 176. The van der Waals surface area contributed by atoms with Crippen LogP contribution in [0.5, 0.6) is 5.75 Å². The van der Waals surface area contributed by atoms with Crippen LogP contribution in [0, 0.1) is 25.1 Å². The molecule has 35 nitrogen and oxygen atoms in total. The molecule has 2 heterocycles. The van der Waals surface area contributed by atoms with Gasteiger partial charge in [0.25, 0.3) is 0 Å². The highest BCUT2D eigenvalue weighted by molar-refractivity contribution is 6.06. The van der Waals surface area contributed by atoms with Crippen LogP contribution < -0.4 is 69.0 Å². The molecule has 0 bridgehead atoms. The van der Waals surface area contributed by atoms with Crippen LogP contribution in [0.15, 0.2) is 128 Å². The lowest BCUT2D eigenvalue weighted by atomic mass is 9.90. The van der Waals surface area contributed by atoms with Crippen molar-refractivity contribution in [2.24, 2.45) is 11.1 Å². The number of halogens is 1. The Balaban J connectivity index is 1.07. The fourth-order valence-electron chi connectivity index (χ4n) is 12.6. The number of aliphatic hydroxyl groups excluding tert-OH is 3. The number of carbonyl (C=O) groups is 12. The largest absolute Gasteiger partial charge is 0.494 e. The number of aliphatic carboxylic acids is 1. The van der Waals surface area contributed by atoms with E-state index in [-0.39, 0.29) is 30.8 Å². The molecule has 0 spiro atoms. The van der Waals surface area contributed by atoms with Crippen molar-refractivity contribution < 1.29 is 87.1 Å². The summed E-state index contributed by atoms with van der Waals surface area (Å²) < 4.78 is 21.6. The Morgan fingerprint density at radius 2 is 1.26 bits per heavy atom. The molecule has 36 heteroatoms. The number of carbonyl (C=O) groups excluding carboxylic acids is 11. The number of unbranched alkanes of at least 4 members (excludes halogenated alkanes) is 1. The Hall–Kier alpha value is -12.4. The lowest BCUT2D eigenvalue weighted by Gasteiger charge is -2.34. The second kappa shape index (κ2) is 44.5. The number of hydrogen-bond donors (Lipinski definition) is 18. The summed E-state index contributed by atoms with van der Waals surface area (Å²) in [5, 5.41) is 83.4. The van der Waals surface area contributed by atoms with E-state index in [0.29, 0.717) is 61.5 Å². The van der Waals surface area contributed by atoms with Crippen molar-refractivity contribution in [3.8, 4) is 16.9 Å². The van der Waals surface area contributed by atoms with E-state index in [9.17, 15) is 78.0 Å². The van der Waals surface area contributed by atoms with Gasteiger partial charge in [0.2, 0.25) is 65.0 Å². The summed E-state index contributed by atoms with van der Waals surface area (Å²) in [6, 6.07) is 19.8. The molecule has 2 aromatic heterocycles. The number of carboxylic acid groups (broad SMARTS) is 1. The van der Waals surface area contributed by atoms with Gasteiger partial charge in [0.05, 0.1) is 44.7 Å². The number of nitrogens with one attached hydrogen (secondary N) is 13. The zero-order valence-electron chi connectivity index (χ0n) is 66.5. The molecular weight excluding hydrogens is 1520 g/mol. The van der Waals surface area contributed by atoms with Gasteiger partial charge in [-0.3, -0.25) is 57.5 Å². The maximum Gasteiger partial charge on any atom is 0.305 e. The first-order valence-electron chi connectivity index (χ1n) is 38.3. The number of para-hydroxylation sites is 1. The van der Waals surface area contributed by atoms with E-state index in [0.717, 1.165) is 73.1 Å². The highest BCUT2D eigenvalue weighted by atomic mass is 19.1. The molecule has 0 aliphatic heterocycles. The predicted molar refractivity (Wildman–Crippen MR) is 426 cm³/mol. The second-order valence-electron chi connectivity index (χ2n) is 29.2. The van der Waals surface area contributed by atoms with Crippen molar-refractivity contribution in [2.45, 2.75) is 186 Å². The molecule has 0 saturated carbocycles. The number of aromatic nitrogens is 6. The van der Waals surface area contributed by atoms with Gasteiger partial charge in [-0.25, -0.2) is 9.37 Å². The van der Waals surface area contributed by atoms with Gasteiger partial charge in [-0.15, -0.1) is 10.2 Å². The number of imidazole rings is 1. The van der Waals surface area contributed by atoms with Gasteiger partial charge >= 0.3 is 5.97 Å². The van der Waals surface area contributed by atoms with Crippen LogP contribution in [0.3, 0.4) is 0 Å². The number of H-pyrrole nitrogens is 2. The maximum atomic E-state index is 15.6. The molecule has 0 saturated heterocycles. The number of aryl methyl sites for hydroxylation is 4. The molecule has 0 aliphatic carbocycles. The summed E-state index contributed by atoms with van der Waals surface area (Å²) in [7, 11) is 0. The van der Waals surface area contributed by atoms with Crippen molar-refractivity contribution in [3.63, 3.8) is 0 Å². The van der Waals surface area contributed by atoms with Gasteiger partial charge in [-0.2, -0.15) is 5.21 Å². The molecule has 10 atom stereocenters. The molecule has 5 aromatic carbocycles. The topological polar surface area (TPSA) is 536 Å². The first kappa shape index (κ1) is 91.8. The van der Waals surface area contributed by atoms with Gasteiger partial charge < -0.3 is 94.4 Å². The van der Waals surface area contributed by atoms with Crippen LogP contribution in [0.1, 0.15) is 119 Å². The monoisotopic (exact) mass is 1620 g/mol. The number of aliphatic hydroxyl groups is 3. The van der Waals surface area contributed by atoms with Gasteiger partial charge in [-0.05, 0) is 157 Å². The zero-order valence-corrected chi connectivity index (χ0v) is 66.5. The van der Waals surface area contributed by atoms with Crippen LogP contribution in [0.4, 0.5) is 10.1 Å². The average Bonchev–Trinajstić information content (AvgIpc) is 1.68. The van der Waals surface area contributed by atoms with Crippen molar-refractivity contribution in [3.05, 3.63) is 179 Å². The molecule has 7 aromatic rings. The Kier molecular flexibility index (Phi) is 34.9. The Morgan fingerprint density at radius 1 is 0.615 bits per heavy atom. The second-order valence-corrected chi connectivity index (χ2v) is 29.2. The number of rotatable bonds is 46. The summed E-state index contributed by atoms with van der Waals surface area (Å²) in [5.74, 6) is -13.8. The minimum Gasteiger partial charge on any atom is -0.494 e. The van der Waals surface area contributed by atoms with Gasteiger partial charge in [-0.1, -0.05) is 108 Å². The Labute approximate surface area is 675 Å². The number of aromatic amines is 2. The number of benzene rings is 5. The van der Waals surface area contributed by atoms with Gasteiger partial charge in [0.1, 0.15) is 64.8 Å². The van der Waals surface area contributed by atoms with Gasteiger partial charge in [0, 0.05) is 49.8 Å². The molecular formula is C81H105FN18O17. The SMILES string of the molecule is CCc1cc(OCCCCN)ccc1-c1ccc(C[C@H](NC(=O)[C@H](CC(=O)O)NC(=O)[C@H](CO)NC(=O)[C@@H](NC(=O)[C@](C)(Cc2ccccc2F)NC(=O)[C@@H](NC(=O)CNC(=O)[C@H](Cc2nn[nH]n2)NC(=O)C(C)(C)C(=O)NCCc2cnc[nH]2)[C@@H](C)O)[C@@H](C)O)C(=O)N[C@@H](CCCc2cc(C)cc(C)c2)C(=O)Nc2ccccc2)cc1. The molecule has 0 fully saturated rings. The van der Waals surface area contributed by atoms with Crippen molar-refractivity contribution in [2.75, 3.05) is 38.2 Å². The van der Waals surface area contributed by atoms with Crippen molar-refractivity contribution >= 4 is 76.6 Å². The highest BCUT2D eigenvalue weighted by Gasteiger charge is 2.44. The van der Waals surface area contributed by atoms with E-state index in [1.165, 1.54) is 38.4 Å². The molecule has 11 amide bonds. The van der Waals surface area contributed by atoms with E-state index < -0.39 is 175 Å². The minimum absolute atomic E-state index is 0.0650. The summed E-state index contributed by atoms with van der Waals surface area (Å²) in [6.07, 6.45) is 0.397. The third-order valence-corrected chi connectivity index (χ3v) is 19.1. The maximum absolute atomic E-state index is 15.6. The lowest BCUT2D eigenvalue weighted by Crippen LogP contribution is -2.67. The van der Waals surface area contributed by atoms with Crippen LogP contribution in [-0.2, 0) is 96.1 Å². The summed E-state index contributed by atoms with van der Waals surface area (Å²) in [6.45, 7) is 10.7. The predicted octanol–water partition coefficient (Wildman–Crippen LogP) is 0.714. The fraction of sp³-hybridized carbons (Fsp3) is 0.432. The summed E-state index contributed by atoms with van der Waals surface area (Å²) >= 11 is 0. The molecule has 7 rings (SSSR count). The first-order chi connectivity index (χ1) is 55.7. The molecule has 0 radical (unpaired) electrons. The quantitative estimate of drug-likeness (QED) is 0.0185. The molecule has 0 unspecified atom stereocenters. The van der Waals surface area contributed by atoms with Crippen LogP contribution in [0.25, 0.3) is 11.1 Å². The normalized spacial score (nSPS) is 14.1. The number of amides is 11. The summed E-state index contributed by atoms with van der Waals surface area (Å²) in [5.41, 5.74) is 8.64. The number of tetrazole rings is 1. The zero-order chi connectivity index (χ0) is 85.5. The molecule has 19 N–H and O–H groups in total. The minimum atomic E-state index is -2.41. The standard InChI is InChI=1S/C81H105FN18O17/c1-9-52-38-57(117-33-16-15-31-83)28-29-58(52)53-26-24-50(25-27-53)37-61(72(109)89-60(71(108)88-55-20-11-10-12-21-55)23-17-18-51-35-46(2)34-47(3)36-51)90-73(110)63(40-67(105)106)91-74(111)64(44-101)92-75(112)68(48(4)102)95-79(116)81(8,41-54-19-13-14-22-59(54)82)96-76(113)69(49(5)103)94-66(104)43-86-70(107)62(39-65-97-99-100-98-65)93-78(115)80(6,7)77(114)85-32-30-56-42-84-45-87-56/h10-14,19-22,24-29,34-36,38,42,45,48-49,60-64,68-69,101-103H,9,15-18,23,30-33,37,39-41,43-44,83H2,1-8H3,(H,84,87)(H,85,114)(H,86,107)(H,88,108)(H,89,109)(H,90,110)(H,91,111)(H,92,112)(H,93,115)(H,94,104)(H,95,116)(H,96,113)(H,105,106)(H,97,98,99,100)/t48-,49-,60+,61+,62+,63+,64+,68+,69+,81+/m1/s1. The first-order valence-corrected chi connectivity index (χ1v) is 38.3. The molecule has 628 valence electrons. The van der Waals surface area contributed by atoms with E-state index >= 15 is 4.39 Å². The number of hydrogen-bond acceptors (Lipinski definition) is 21. The Morgan fingerprint density at radius 3 is 1.89 bits per heavy atom. The number of nitrogens with zero attached hydrogens (tertiary/aromatic N) is 4. The van der Waals surface area contributed by atoms with E-state index in [1.54, 1.807) is 48.7 Å². The average molecular weight is 1620 g/mol. The van der Waals surface area contributed by atoms with Crippen LogP contribution in [0.2, 0.25) is 0 Å². The number of carboxylic acids is 1. The van der Waals surface area contributed by atoms with E-state index in [1.807, 2.05) is 69.3 Å². The Bertz CT molecular complexity index is 4510. The third-order valence-electron chi connectivity index (χ3n) is 19.1. The van der Waals surface area contributed by atoms with E-state index in [2.05, 4.69) is 89.1 Å².